The van der Waals surface area contributed by atoms with Gasteiger partial charge in [0.15, 0.2) is 0 Å². The second-order valence-corrected chi connectivity index (χ2v) is 6.82. The minimum atomic E-state index is -0.322. The summed E-state index contributed by atoms with van der Waals surface area (Å²) in [6.07, 6.45) is 4.19. The maximum Gasteiger partial charge on any atom is 0.107 e. The van der Waals surface area contributed by atoms with Crippen molar-refractivity contribution in [1.29, 1.82) is 5.26 Å². The lowest BCUT2D eigenvalue weighted by atomic mass is 9.82. The first-order valence-electron chi connectivity index (χ1n) is 6.76. The predicted molar refractivity (Wildman–Crippen MR) is 81.6 cm³/mol. The zero-order valence-corrected chi connectivity index (χ0v) is 12.7. The Balaban J connectivity index is 2.01. The van der Waals surface area contributed by atoms with E-state index in [1.54, 1.807) is 0 Å². The Morgan fingerprint density at radius 3 is 2.84 bits per heavy atom. The number of nitriles is 1. The second-order valence-electron chi connectivity index (χ2n) is 5.01. The second kappa shape index (κ2) is 6.65. The van der Waals surface area contributed by atoms with Crippen LogP contribution in [0.4, 0.5) is 0 Å². The Kier molecular flexibility index (Phi) is 5.15. The molecule has 0 radical (unpaired) electrons. The number of nitrogens with one attached hydrogen (secondary N) is 1. The Morgan fingerprint density at radius 1 is 1.47 bits per heavy atom. The van der Waals surface area contributed by atoms with Crippen molar-refractivity contribution in [3.8, 4) is 6.07 Å². The summed E-state index contributed by atoms with van der Waals surface area (Å²) in [4.78, 5) is 1.24. The van der Waals surface area contributed by atoms with E-state index in [1.165, 1.54) is 11.3 Å². The van der Waals surface area contributed by atoms with Crippen LogP contribution in [0.2, 0.25) is 5.02 Å². The number of nitrogens with zero attached hydrogens (tertiary/aromatic N) is 1. The van der Waals surface area contributed by atoms with Crippen molar-refractivity contribution in [2.24, 2.45) is 0 Å². The maximum atomic E-state index is 9.45. The summed E-state index contributed by atoms with van der Waals surface area (Å²) < 4.78 is 0. The third kappa shape index (κ3) is 3.89. The van der Waals surface area contributed by atoms with E-state index in [4.69, 9.17) is 11.6 Å². The minimum absolute atomic E-state index is 0.322. The Hall–Kier alpha value is -0.690. The third-order valence-electron chi connectivity index (χ3n) is 3.55. The van der Waals surface area contributed by atoms with E-state index in [9.17, 15) is 5.26 Å². The highest BCUT2D eigenvalue weighted by Crippen LogP contribution is 2.38. The first kappa shape index (κ1) is 14.7. The molecule has 0 bridgehead atoms. The van der Waals surface area contributed by atoms with Gasteiger partial charge < -0.3 is 0 Å². The van der Waals surface area contributed by atoms with E-state index >= 15 is 0 Å². The smallest absolute Gasteiger partial charge is 0.107 e. The fraction of sp³-hybridized carbons (Fsp3) is 0.533. The quantitative estimate of drug-likeness (QED) is 0.902. The monoisotopic (exact) mass is 294 g/mol. The van der Waals surface area contributed by atoms with E-state index in [2.05, 4.69) is 30.4 Å². The topological polar surface area (TPSA) is 35.8 Å². The molecule has 1 aromatic rings. The molecule has 2 unspecified atom stereocenters. The standard InChI is InChI=1S/C15H19ClN2S/c1-2-18-15(11-17)9-3-4-14(10-15)19-13-7-5-12(16)6-8-13/h5-8,14,18H,2-4,9-10H2,1H3. The number of hydrogen-bond acceptors (Lipinski definition) is 3. The van der Waals surface area contributed by atoms with Gasteiger partial charge >= 0.3 is 0 Å². The van der Waals surface area contributed by atoms with Crippen molar-refractivity contribution in [3.63, 3.8) is 0 Å². The molecule has 4 heteroatoms. The van der Waals surface area contributed by atoms with Crippen molar-refractivity contribution >= 4 is 23.4 Å². The lowest BCUT2D eigenvalue weighted by Crippen LogP contribution is -2.48. The highest BCUT2D eigenvalue weighted by atomic mass is 35.5. The van der Waals surface area contributed by atoms with Crippen LogP contribution in [-0.2, 0) is 0 Å². The highest BCUT2D eigenvalue weighted by molar-refractivity contribution is 8.00. The average molecular weight is 295 g/mol. The number of halogens is 1. The van der Waals surface area contributed by atoms with Crippen molar-refractivity contribution in [2.75, 3.05) is 6.54 Å². The molecule has 1 aliphatic rings. The lowest BCUT2D eigenvalue weighted by molar-refractivity contribution is 0.309. The molecule has 1 saturated carbocycles. The van der Waals surface area contributed by atoms with Gasteiger partial charge in [0.1, 0.15) is 5.54 Å². The fourth-order valence-electron chi connectivity index (χ4n) is 2.67. The largest absolute Gasteiger partial charge is 0.300 e. The van der Waals surface area contributed by atoms with Crippen molar-refractivity contribution < 1.29 is 0 Å². The fourth-order valence-corrected chi connectivity index (χ4v) is 4.13. The van der Waals surface area contributed by atoms with Crippen LogP contribution >= 0.6 is 23.4 Å². The van der Waals surface area contributed by atoms with Gasteiger partial charge in [0.2, 0.25) is 0 Å². The number of rotatable bonds is 4. The van der Waals surface area contributed by atoms with Crippen LogP contribution in [0.15, 0.2) is 29.2 Å². The zero-order valence-electron chi connectivity index (χ0n) is 11.2. The van der Waals surface area contributed by atoms with Crippen LogP contribution in [0, 0.1) is 11.3 Å². The molecule has 0 aliphatic heterocycles. The third-order valence-corrected chi connectivity index (χ3v) is 5.08. The van der Waals surface area contributed by atoms with E-state index in [0.717, 1.165) is 30.8 Å². The Bertz CT molecular complexity index is 450. The average Bonchev–Trinajstić information content (AvgIpc) is 2.42. The van der Waals surface area contributed by atoms with Gasteiger partial charge in [-0.05, 0) is 56.5 Å². The molecular formula is C15H19ClN2S. The molecule has 1 N–H and O–H groups in total. The van der Waals surface area contributed by atoms with Gasteiger partial charge in [0.05, 0.1) is 6.07 Å². The van der Waals surface area contributed by atoms with Crippen LogP contribution in [0.5, 0.6) is 0 Å². The van der Waals surface area contributed by atoms with E-state index in [1.807, 2.05) is 23.9 Å². The zero-order chi connectivity index (χ0) is 13.7. The molecule has 0 spiro atoms. The van der Waals surface area contributed by atoms with Gasteiger partial charge in [0, 0.05) is 15.2 Å². The van der Waals surface area contributed by atoms with Crippen LogP contribution in [0.3, 0.4) is 0 Å². The summed E-state index contributed by atoms with van der Waals surface area (Å²) in [5.41, 5.74) is -0.322. The van der Waals surface area contributed by atoms with Gasteiger partial charge in [-0.1, -0.05) is 18.5 Å². The number of benzene rings is 1. The van der Waals surface area contributed by atoms with Gasteiger partial charge in [0.25, 0.3) is 0 Å². The molecule has 1 fully saturated rings. The molecule has 2 atom stereocenters. The molecular weight excluding hydrogens is 276 g/mol. The number of thioether (sulfide) groups is 1. The van der Waals surface area contributed by atoms with Crippen LogP contribution < -0.4 is 5.32 Å². The van der Waals surface area contributed by atoms with Crippen LogP contribution in [0.25, 0.3) is 0 Å². The van der Waals surface area contributed by atoms with Crippen LogP contribution in [-0.4, -0.2) is 17.3 Å². The summed E-state index contributed by atoms with van der Waals surface area (Å²) in [5.74, 6) is 0. The first-order chi connectivity index (χ1) is 9.17. The summed E-state index contributed by atoms with van der Waals surface area (Å²) in [6.45, 7) is 2.92. The Labute approximate surface area is 124 Å². The van der Waals surface area contributed by atoms with E-state index in [0.29, 0.717) is 5.25 Å². The molecule has 19 heavy (non-hydrogen) atoms. The summed E-state index contributed by atoms with van der Waals surface area (Å²) in [7, 11) is 0. The molecule has 0 saturated heterocycles. The normalized spacial score (nSPS) is 26.9. The molecule has 0 amide bonds. The van der Waals surface area contributed by atoms with Crippen molar-refractivity contribution in [3.05, 3.63) is 29.3 Å². The molecule has 0 aromatic heterocycles. The molecule has 0 heterocycles. The molecule has 2 nitrogen and oxygen atoms in total. The van der Waals surface area contributed by atoms with Gasteiger partial charge in [-0.2, -0.15) is 5.26 Å². The summed E-state index contributed by atoms with van der Waals surface area (Å²) in [5, 5.41) is 14.1. The minimum Gasteiger partial charge on any atom is -0.300 e. The number of hydrogen-bond donors (Lipinski definition) is 1. The molecule has 1 aliphatic carbocycles. The molecule has 2 rings (SSSR count). The molecule has 102 valence electrons. The summed E-state index contributed by atoms with van der Waals surface area (Å²) >= 11 is 7.77. The SMILES string of the molecule is CCNC1(C#N)CCCC(Sc2ccc(Cl)cc2)C1. The van der Waals surface area contributed by atoms with Crippen LogP contribution in [0.1, 0.15) is 32.6 Å². The van der Waals surface area contributed by atoms with Gasteiger partial charge in [-0.15, -0.1) is 11.8 Å². The van der Waals surface area contributed by atoms with Gasteiger partial charge in [-0.25, -0.2) is 0 Å². The van der Waals surface area contributed by atoms with E-state index < -0.39 is 0 Å². The van der Waals surface area contributed by atoms with Gasteiger partial charge in [-0.3, -0.25) is 5.32 Å². The maximum absolute atomic E-state index is 9.45. The van der Waals surface area contributed by atoms with Crippen molar-refractivity contribution in [1.82, 2.24) is 5.32 Å². The van der Waals surface area contributed by atoms with E-state index in [-0.39, 0.29) is 5.54 Å². The van der Waals surface area contributed by atoms with Crippen molar-refractivity contribution in [2.45, 2.75) is 48.3 Å². The highest BCUT2D eigenvalue weighted by Gasteiger charge is 2.36. The lowest BCUT2D eigenvalue weighted by Gasteiger charge is -2.36. The molecule has 1 aromatic carbocycles. The predicted octanol–water partition coefficient (Wildman–Crippen LogP) is 4.25. The first-order valence-corrected chi connectivity index (χ1v) is 8.02. The summed E-state index contributed by atoms with van der Waals surface area (Å²) in [6, 6.07) is 10.5. The Morgan fingerprint density at radius 2 is 2.21 bits per heavy atom.